The zero-order valence-corrected chi connectivity index (χ0v) is 20.4. The lowest BCUT2D eigenvalue weighted by molar-refractivity contribution is -0.193. The highest BCUT2D eigenvalue weighted by molar-refractivity contribution is 7.03. The van der Waals surface area contributed by atoms with Gasteiger partial charge in [-0.25, -0.2) is 9.59 Å². The molecule has 0 radical (unpaired) electrons. The van der Waals surface area contributed by atoms with E-state index in [2.05, 4.69) is 21.5 Å². The number of carbonyl (C=O) groups is 4. The maximum Gasteiger partial charge on any atom is 0.490 e. The molecule has 3 saturated heterocycles. The Kier molecular flexibility index (Phi) is 10.4. The molecule has 1 aromatic rings. The van der Waals surface area contributed by atoms with Crippen LogP contribution in [0.4, 0.5) is 26.3 Å². The van der Waals surface area contributed by atoms with E-state index in [0.29, 0.717) is 25.2 Å². The second-order valence-electron chi connectivity index (χ2n) is 8.37. The summed E-state index contributed by atoms with van der Waals surface area (Å²) in [5.74, 6) is -5.58. The molecule has 4 heterocycles. The van der Waals surface area contributed by atoms with Crippen molar-refractivity contribution in [3.63, 3.8) is 0 Å². The van der Waals surface area contributed by atoms with Crippen LogP contribution in [0.5, 0.6) is 0 Å². The van der Waals surface area contributed by atoms with Gasteiger partial charge in [0, 0.05) is 44.6 Å². The van der Waals surface area contributed by atoms with Gasteiger partial charge < -0.3 is 29.6 Å². The highest BCUT2D eigenvalue weighted by Gasteiger charge is 2.47. The van der Waals surface area contributed by atoms with Gasteiger partial charge in [0.15, 0.2) is 5.69 Å². The van der Waals surface area contributed by atoms with Gasteiger partial charge in [-0.1, -0.05) is 4.49 Å². The summed E-state index contributed by atoms with van der Waals surface area (Å²) in [4.78, 5) is 49.1. The number of alkyl halides is 6. The molecular formula is C19H23F6N5O7S. The molecule has 1 aromatic heterocycles. The second kappa shape index (κ2) is 12.7. The van der Waals surface area contributed by atoms with E-state index in [9.17, 15) is 35.9 Å². The molecule has 12 nitrogen and oxygen atoms in total. The number of morpholine rings is 1. The van der Waals surface area contributed by atoms with Crippen molar-refractivity contribution < 1.29 is 60.5 Å². The first kappa shape index (κ1) is 31.2. The molecule has 2 bridgehead atoms. The van der Waals surface area contributed by atoms with Crippen LogP contribution in [0.15, 0.2) is 5.38 Å². The third kappa shape index (κ3) is 8.76. The maximum atomic E-state index is 12.9. The van der Waals surface area contributed by atoms with E-state index in [1.54, 1.807) is 10.3 Å². The number of likely N-dealkylation sites (tertiary alicyclic amines) is 1. The number of carboxylic acids is 2. The number of likely N-dealkylation sites (N-methyl/N-ethyl adjacent to an activating group) is 1. The van der Waals surface area contributed by atoms with E-state index in [1.165, 1.54) is 11.5 Å². The molecule has 2 N–H and O–H groups in total. The van der Waals surface area contributed by atoms with Gasteiger partial charge in [-0.05, 0) is 25.0 Å². The minimum Gasteiger partial charge on any atom is -0.475 e. The molecule has 0 saturated carbocycles. The number of rotatable bonds is 2. The molecule has 0 aromatic carbocycles. The monoisotopic (exact) mass is 579 g/mol. The Labute approximate surface area is 214 Å². The van der Waals surface area contributed by atoms with E-state index in [-0.39, 0.29) is 29.9 Å². The summed E-state index contributed by atoms with van der Waals surface area (Å²) >= 11 is 1.17. The summed E-state index contributed by atoms with van der Waals surface area (Å²) in [6, 6.07) is 0. The zero-order chi connectivity index (χ0) is 28.8. The summed E-state index contributed by atoms with van der Waals surface area (Å²) in [6.45, 7) is 4.35. The van der Waals surface area contributed by atoms with Crippen molar-refractivity contribution in [3.05, 3.63) is 11.1 Å². The predicted octanol–water partition coefficient (Wildman–Crippen LogP) is 0.808. The second-order valence-corrected chi connectivity index (χ2v) is 8.98. The van der Waals surface area contributed by atoms with Crippen LogP contribution in [0.2, 0.25) is 0 Å². The van der Waals surface area contributed by atoms with Crippen LogP contribution in [0.25, 0.3) is 0 Å². The molecule has 38 heavy (non-hydrogen) atoms. The quantitative estimate of drug-likeness (QED) is 0.482. The number of amides is 2. The number of carbonyl (C=O) groups excluding carboxylic acids is 2. The first-order valence-electron chi connectivity index (χ1n) is 10.8. The number of carboxylic acid groups (broad SMARTS) is 2. The van der Waals surface area contributed by atoms with Gasteiger partial charge in [0.2, 0.25) is 5.91 Å². The van der Waals surface area contributed by atoms with E-state index in [4.69, 9.17) is 24.5 Å². The van der Waals surface area contributed by atoms with Gasteiger partial charge in [-0.15, -0.1) is 5.10 Å². The summed E-state index contributed by atoms with van der Waals surface area (Å²) < 4.78 is 73.2. The lowest BCUT2D eigenvalue weighted by atomic mass is 9.98. The first-order valence-corrected chi connectivity index (χ1v) is 11.6. The number of nitrogens with zero attached hydrogens (tertiary/aromatic N) is 5. The van der Waals surface area contributed by atoms with Crippen molar-refractivity contribution in [2.24, 2.45) is 5.92 Å². The smallest absolute Gasteiger partial charge is 0.475 e. The van der Waals surface area contributed by atoms with Crippen molar-refractivity contribution in [1.82, 2.24) is 24.3 Å². The predicted molar refractivity (Wildman–Crippen MR) is 114 cm³/mol. The Balaban J connectivity index is 0.000000301. The fraction of sp³-hybridized carbons (Fsp3) is 0.684. The largest absolute Gasteiger partial charge is 0.490 e. The summed E-state index contributed by atoms with van der Waals surface area (Å²) in [7, 11) is 2.07. The van der Waals surface area contributed by atoms with Crippen LogP contribution in [0.1, 0.15) is 16.9 Å². The van der Waals surface area contributed by atoms with E-state index < -0.39 is 24.3 Å². The minimum atomic E-state index is -5.08. The molecule has 0 spiro atoms. The Hall–Kier alpha value is -3.06. The Morgan fingerprint density at radius 3 is 1.92 bits per heavy atom. The van der Waals surface area contributed by atoms with E-state index in [1.807, 2.05) is 4.90 Å². The fourth-order valence-electron chi connectivity index (χ4n) is 3.76. The number of halogens is 6. The average molecular weight is 579 g/mol. The van der Waals surface area contributed by atoms with Crippen molar-refractivity contribution >= 4 is 35.3 Å². The van der Waals surface area contributed by atoms with Crippen LogP contribution >= 0.6 is 11.5 Å². The third-order valence-corrected chi connectivity index (χ3v) is 6.15. The Morgan fingerprint density at radius 1 is 0.947 bits per heavy atom. The summed E-state index contributed by atoms with van der Waals surface area (Å²) in [6.07, 6.45) is -9.72. The summed E-state index contributed by atoms with van der Waals surface area (Å²) in [5, 5.41) is 19.8. The van der Waals surface area contributed by atoms with Crippen molar-refractivity contribution in [2.75, 3.05) is 46.3 Å². The molecule has 19 heteroatoms. The highest BCUT2D eigenvalue weighted by atomic mass is 32.1. The number of ether oxygens (including phenoxy) is 1. The molecule has 3 aliphatic rings. The van der Waals surface area contributed by atoms with Gasteiger partial charge >= 0.3 is 24.3 Å². The molecule has 3 unspecified atom stereocenters. The Bertz CT molecular complexity index is 962. The van der Waals surface area contributed by atoms with Gasteiger partial charge in [0.05, 0.1) is 18.1 Å². The van der Waals surface area contributed by atoms with Gasteiger partial charge in [-0.3, -0.25) is 9.59 Å². The van der Waals surface area contributed by atoms with Gasteiger partial charge in [0.25, 0.3) is 5.91 Å². The standard InChI is InChI=1S/C15H21N5O3S.2C2HF3O2/c1-18-2-4-19(5-3-18)14(21)11-6-10-7-20(8-13(11)23-10)15(22)12-9-24-17-16-12;2*3-2(4,5)1(6)7/h9-11,13H,2-8H2,1H3;2*(H,6,7). The molecule has 3 aliphatic heterocycles. The van der Waals surface area contributed by atoms with Crippen molar-refractivity contribution in [3.8, 4) is 0 Å². The van der Waals surface area contributed by atoms with Crippen LogP contribution in [0, 0.1) is 5.92 Å². The number of fused-ring (bicyclic) bond motifs is 2. The van der Waals surface area contributed by atoms with Crippen LogP contribution in [0.3, 0.4) is 0 Å². The highest BCUT2D eigenvalue weighted by Crippen LogP contribution is 2.34. The molecule has 4 rings (SSSR count). The van der Waals surface area contributed by atoms with Crippen molar-refractivity contribution in [2.45, 2.75) is 31.0 Å². The van der Waals surface area contributed by atoms with Crippen LogP contribution in [-0.4, -0.2) is 129 Å². The molecule has 3 atom stereocenters. The Morgan fingerprint density at radius 2 is 1.47 bits per heavy atom. The van der Waals surface area contributed by atoms with Crippen LogP contribution < -0.4 is 0 Å². The summed E-state index contributed by atoms with van der Waals surface area (Å²) in [5.41, 5.74) is 0.378. The SMILES string of the molecule is CN1CCN(C(=O)C2CC3CN(C(=O)c4csnn4)CC2O3)CC1.O=C(O)C(F)(F)F.O=C(O)C(F)(F)F. The molecule has 2 amide bonds. The molecule has 3 fully saturated rings. The third-order valence-electron chi connectivity index (χ3n) is 5.64. The number of hydrogen-bond donors (Lipinski definition) is 2. The van der Waals surface area contributed by atoms with Crippen molar-refractivity contribution in [1.29, 1.82) is 0 Å². The number of aromatic nitrogens is 2. The average Bonchev–Trinajstić information content (AvgIpc) is 3.46. The van der Waals surface area contributed by atoms with Crippen LogP contribution in [-0.2, 0) is 19.1 Å². The van der Waals surface area contributed by atoms with Gasteiger partial charge in [-0.2, -0.15) is 26.3 Å². The lowest BCUT2D eigenvalue weighted by Crippen LogP contribution is -2.51. The normalized spacial score (nSPS) is 23.5. The van der Waals surface area contributed by atoms with E-state index in [0.717, 1.165) is 26.2 Å². The number of piperazine rings is 1. The molecule has 0 aliphatic carbocycles. The number of hydrogen-bond acceptors (Lipinski definition) is 9. The topological polar surface area (TPSA) is 153 Å². The molecule has 214 valence electrons. The van der Waals surface area contributed by atoms with E-state index >= 15 is 0 Å². The first-order chi connectivity index (χ1) is 17.5. The zero-order valence-electron chi connectivity index (χ0n) is 19.6. The maximum absolute atomic E-state index is 12.9. The van der Waals surface area contributed by atoms with Gasteiger partial charge in [0.1, 0.15) is 0 Å². The fourth-order valence-corrected chi connectivity index (χ4v) is 4.19. The molecular weight excluding hydrogens is 556 g/mol. The number of aliphatic carboxylic acids is 2. The minimum absolute atomic E-state index is 0.0549. The lowest BCUT2D eigenvalue weighted by Gasteiger charge is -2.35.